The van der Waals surface area contributed by atoms with Gasteiger partial charge in [0.25, 0.3) is 0 Å². The van der Waals surface area contributed by atoms with E-state index in [-0.39, 0.29) is 12.4 Å². The number of nitrogens with one attached hydrogen (secondary N) is 1. The maximum absolute atomic E-state index is 12.2. The van der Waals surface area contributed by atoms with Gasteiger partial charge in [-0.05, 0) is 36.0 Å². The molecule has 1 N–H and O–H groups in total. The Morgan fingerprint density at radius 1 is 1.53 bits per heavy atom. The monoisotopic (exact) mass is 362 g/mol. The van der Waals surface area contributed by atoms with Crippen LogP contribution in [0, 0.1) is 6.92 Å². The minimum Gasteiger partial charge on any atom is -0.318 e. The van der Waals surface area contributed by atoms with Crippen LogP contribution in [0.2, 0.25) is 0 Å². The van der Waals surface area contributed by atoms with E-state index in [2.05, 4.69) is 21.2 Å². The molecule has 1 aromatic rings. The summed E-state index contributed by atoms with van der Waals surface area (Å²) in [4.78, 5) is 1.20. The summed E-state index contributed by atoms with van der Waals surface area (Å²) in [5, 5.41) is 2.93. The molecule has 0 aliphatic rings. The van der Waals surface area contributed by atoms with Gasteiger partial charge in [0.05, 0.1) is 8.68 Å². The Morgan fingerprint density at radius 3 is 2.53 bits per heavy atom. The van der Waals surface area contributed by atoms with Crippen molar-refractivity contribution in [3.05, 3.63) is 14.7 Å². The third-order valence-corrected chi connectivity index (χ3v) is 5.87. The zero-order valence-electron chi connectivity index (χ0n) is 9.86. The Hall–Kier alpha value is 0.340. The van der Waals surface area contributed by atoms with Gasteiger partial charge in [-0.25, -0.2) is 8.42 Å². The second kappa shape index (κ2) is 7.06. The molecule has 0 fully saturated rings. The van der Waals surface area contributed by atoms with Crippen molar-refractivity contribution in [2.75, 3.05) is 27.2 Å². The molecule has 0 spiro atoms. The lowest BCUT2D eigenvalue weighted by molar-refractivity contribution is 0.466. The number of halogens is 2. The van der Waals surface area contributed by atoms with Crippen LogP contribution in [0.4, 0.5) is 0 Å². The fourth-order valence-corrected chi connectivity index (χ4v) is 4.79. The van der Waals surface area contributed by atoms with E-state index in [9.17, 15) is 8.42 Å². The summed E-state index contributed by atoms with van der Waals surface area (Å²) in [6.07, 6.45) is 0. The summed E-state index contributed by atoms with van der Waals surface area (Å²) in [5.41, 5.74) is 0. The first-order valence-electron chi connectivity index (χ1n) is 4.76. The highest BCUT2D eigenvalue weighted by Crippen LogP contribution is 2.30. The van der Waals surface area contributed by atoms with Crippen LogP contribution in [-0.4, -0.2) is 39.9 Å². The SMILES string of the molecule is CNCCN(C)S(=O)(=O)c1cc(Br)sc1C.Cl. The lowest BCUT2D eigenvalue weighted by Crippen LogP contribution is -2.32. The Morgan fingerprint density at radius 2 is 2.12 bits per heavy atom. The summed E-state index contributed by atoms with van der Waals surface area (Å²) in [5.74, 6) is 0. The van der Waals surface area contributed by atoms with Crippen molar-refractivity contribution in [2.45, 2.75) is 11.8 Å². The fourth-order valence-electron chi connectivity index (χ4n) is 1.24. The molecule has 1 rings (SSSR count). The molecule has 0 unspecified atom stereocenters. The molecule has 0 amide bonds. The van der Waals surface area contributed by atoms with Gasteiger partial charge in [-0.1, -0.05) is 0 Å². The summed E-state index contributed by atoms with van der Waals surface area (Å²) in [6, 6.07) is 1.66. The van der Waals surface area contributed by atoms with E-state index < -0.39 is 10.0 Å². The number of hydrogen-bond donors (Lipinski definition) is 1. The van der Waals surface area contributed by atoms with Crippen molar-refractivity contribution < 1.29 is 8.42 Å². The average molecular weight is 364 g/mol. The van der Waals surface area contributed by atoms with Gasteiger partial charge in [0.2, 0.25) is 10.0 Å². The van der Waals surface area contributed by atoms with E-state index in [0.29, 0.717) is 18.0 Å². The number of hydrogen-bond acceptors (Lipinski definition) is 4. The number of likely N-dealkylation sites (N-methyl/N-ethyl adjacent to an activating group) is 2. The van der Waals surface area contributed by atoms with Gasteiger partial charge in [-0.3, -0.25) is 0 Å². The van der Waals surface area contributed by atoms with Gasteiger partial charge in [-0.2, -0.15) is 4.31 Å². The molecule has 1 aromatic heterocycles. The molecule has 0 aliphatic carbocycles. The third kappa shape index (κ3) is 4.18. The van der Waals surface area contributed by atoms with E-state index >= 15 is 0 Å². The molecule has 0 aliphatic heterocycles. The molecule has 4 nitrogen and oxygen atoms in total. The van der Waals surface area contributed by atoms with E-state index in [1.54, 1.807) is 20.2 Å². The second-order valence-corrected chi connectivity index (χ2v) is 8.05. The zero-order chi connectivity index (χ0) is 12.3. The normalized spacial score (nSPS) is 11.6. The van der Waals surface area contributed by atoms with Crippen LogP contribution >= 0.6 is 39.7 Å². The summed E-state index contributed by atoms with van der Waals surface area (Å²) >= 11 is 4.73. The van der Waals surface area contributed by atoms with Crippen LogP contribution in [0.5, 0.6) is 0 Å². The number of aryl methyl sites for hydroxylation is 1. The Kier molecular flexibility index (Phi) is 7.20. The quantitative estimate of drug-likeness (QED) is 0.871. The van der Waals surface area contributed by atoms with Crippen molar-refractivity contribution in [1.82, 2.24) is 9.62 Å². The van der Waals surface area contributed by atoms with Gasteiger partial charge >= 0.3 is 0 Å². The number of thiophene rings is 1. The van der Waals surface area contributed by atoms with Gasteiger partial charge in [0.1, 0.15) is 0 Å². The van der Waals surface area contributed by atoms with Crippen molar-refractivity contribution in [1.29, 1.82) is 0 Å². The first-order chi connectivity index (χ1) is 7.39. The molecule has 8 heteroatoms. The zero-order valence-corrected chi connectivity index (χ0v) is 13.9. The van der Waals surface area contributed by atoms with Crippen LogP contribution in [0.1, 0.15) is 4.88 Å². The second-order valence-electron chi connectivity index (χ2n) is 3.40. The number of sulfonamides is 1. The van der Waals surface area contributed by atoms with Crippen molar-refractivity contribution in [2.24, 2.45) is 0 Å². The molecule has 0 saturated carbocycles. The Bertz CT molecular complexity index is 462. The molecule has 0 saturated heterocycles. The lowest BCUT2D eigenvalue weighted by atomic mass is 10.5. The highest BCUT2D eigenvalue weighted by atomic mass is 79.9. The van der Waals surface area contributed by atoms with Crippen LogP contribution < -0.4 is 5.32 Å². The standard InChI is InChI=1S/C9H15BrN2O2S2.ClH/c1-7-8(6-9(10)15-7)16(13,14)12(3)5-4-11-2;/h6,11H,4-5H2,1-3H3;1H. The van der Waals surface area contributed by atoms with Gasteiger partial charge < -0.3 is 5.32 Å². The van der Waals surface area contributed by atoms with Crippen molar-refractivity contribution in [3.63, 3.8) is 0 Å². The summed E-state index contributed by atoms with van der Waals surface area (Å²) < 4.78 is 26.5. The van der Waals surface area contributed by atoms with Crippen molar-refractivity contribution >= 4 is 49.7 Å². The molecular weight excluding hydrogens is 348 g/mol. The molecule has 17 heavy (non-hydrogen) atoms. The van der Waals surface area contributed by atoms with E-state index in [4.69, 9.17) is 0 Å². The molecule has 0 radical (unpaired) electrons. The van der Waals surface area contributed by atoms with Gasteiger partial charge in [0.15, 0.2) is 0 Å². The first-order valence-corrected chi connectivity index (χ1v) is 7.81. The predicted octanol–water partition coefficient (Wildman–Crippen LogP) is 2.08. The molecule has 0 aromatic carbocycles. The Labute approximate surface area is 121 Å². The molecule has 0 atom stereocenters. The number of rotatable bonds is 5. The molecular formula is C9H16BrClN2O2S2. The highest BCUT2D eigenvalue weighted by molar-refractivity contribution is 9.11. The maximum Gasteiger partial charge on any atom is 0.243 e. The predicted molar refractivity (Wildman–Crippen MR) is 77.7 cm³/mol. The van der Waals surface area contributed by atoms with E-state index in [1.165, 1.54) is 15.6 Å². The average Bonchev–Trinajstić information content (AvgIpc) is 2.54. The fraction of sp³-hybridized carbons (Fsp3) is 0.556. The topological polar surface area (TPSA) is 49.4 Å². The maximum atomic E-state index is 12.2. The molecule has 100 valence electrons. The minimum absolute atomic E-state index is 0. The lowest BCUT2D eigenvalue weighted by Gasteiger charge is -2.16. The first kappa shape index (κ1) is 17.3. The molecule has 1 heterocycles. The van der Waals surface area contributed by atoms with Crippen LogP contribution in [0.15, 0.2) is 14.7 Å². The van der Waals surface area contributed by atoms with Crippen LogP contribution in [-0.2, 0) is 10.0 Å². The largest absolute Gasteiger partial charge is 0.318 e. The van der Waals surface area contributed by atoms with Crippen LogP contribution in [0.25, 0.3) is 0 Å². The van der Waals surface area contributed by atoms with Crippen LogP contribution in [0.3, 0.4) is 0 Å². The third-order valence-electron chi connectivity index (χ3n) is 2.21. The van der Waals surface area contributed by atoms with E-state index in [0.717, 1.165) is 8.66 Å². The highest BCUT2D eigenvalue weighted by Gasteiger charge is 2.24. The van der Waals surface area contributed by atoms with Crippen molar-refractivity contribution in [3.8, 4) is 0 Å². The summed E-state index contributed by atoms with van der Waals surface area (Å²) in [7, 11) is 0.0461. The van der Waals surface area contributed by atoms with Gasteiger partial charge in [-0.15, -0.1) is 23.7 Å². The Balaban J connectivity index is 0.00000256. The summed E-state index contributed by atoms with van der Waals surface area (Å²) in [6.45, 7) is 2.92. The van der Waals surface area contributed by atoms with E-state index in [1.807, 2.05) is 6.92 Å². The smallest absolute Gasteiger partial charge is 0.243 e. The van der Waals surface area contributed by atoms with Gasteiger partial charge in [0, 0.05) is 25.0 Å². The molecule has 0 bridgehead atoms. The number of nitrogens with zero attached hydrogens (tertiary/aromatic N) is 1. The minimum atomic E-state index is -3.35.